The zero-order valence-electron chi connectivity index (χ0n) is 14.0. The van der Waals surface area contributed by atoms with Crippen molar-refractivity contribution >= 4 is 11.7 Å². The van der Waals surface area contributed by atoms with Gasteiger partial charge >= 0.3 is 0 Å². The van der Waals surface area contributed by atoms with E-state index in [4.69, 9.17) is 19.2 Å². The minimum Gasteiger partial charge on any atom is -0.493 e. The molecule has 2 heterocycles. The number of methoxy groups -OCH3 is 1. The van der Waals surface area contributed by atoms with Crippen LogP contribution in [0.2, 0.25) is 0 Å². The number of furan rings is 1. The lowest BCUT2D eigenvalue weighted by atomic mass is 10.3. The van der Waals surface area contributed by atoms with Gasteiger partial charge in [0.15, 0.2) is 23.1 Å². The second-order valence-electron chi connectivity index (χ2n) is 5.22. The van der Waals surface area contributed by atoms with Gasteiger partial charge in [-0.15, -0.1) is 0 Å². The molecule has 0 fully saturated rings. The summed E-state index contributed by atoms with van der Waals surface area (Å²) in [7, 11) is 1.56. The first kappa shape index (κ1) is 17.1. The number of amides is 1. The number of nitrogens with zero attached hydrogens (tertiary/aromatic N) is 3. The van der Waals surface area contributed by atoms with E-state index in [1.807, 2.05) is 18.2 Å². The molecule has 1 amide bonds. The molecule has 1 N–H and O–H groups in total. The van der Waals surface area contributed by atoms with E-state index in [2.05, 4.69) is 10.4 Å². The second kappa shape index (κ2) is 7.90. The van der Waals surface area contributed by atoms with Gasteiger partial charge in [0, 0.05) is 12.3 Å². The molecule has 3 aromatic rings. The van der Waals surface area contributed by atoms with Crippen LogP contribution in [-0.4, -0.2) is 22.8 Å². The van der Waals surface area contributed by atoms with Crippen molar-refractivity contribution in [1.29, 1.82) is 5.26 Å². The van der Waals surface area contributed by atoms with Gasteiger partial charge in [0.25, 0.3) is 5.91 Å². The summed E-state index contributed by atoms with van der Waals surface area (Å²) in [6, 6.07) is 14.1. The van der Waals surface area contributed by atoms with Gasteiger partial charge in [-0.1, -0.05) is 12.1 Å². The maximum atomic E-state index is 12.2. The lowest BCUT2D eigenvalue weighted by Crippen LogP contribution is -2.11. The van der Waals surface area contributed by atoms with Crippen molar-refractivity contribution in [2.24, 2.45) is 0 Å². The first-order chi connectivity index (χ1) is 12.7. The highest BCUT2D eigenvalue weighted by atomic mass is 16.5. The molecule has 8 heteroatoms. The van der Waals surface area contributed by atoms with E-state index < -0.39 is 5.91 Å². The molecule has 132 valence electrons. The zero-order valence-corrected chi connectivity index (χ0v) is 14.0. The van der Waals surface area contributed by atoms with E-state index in [9.17, 15) is 4.79 Å². The Balaban J connectivity index is 1.60. The number of ether oxygens (including phenoxy) is 2. The van der Waals surface area contributed by atoms with Crippen molar-refractivity contribution in [2.75, 3.05) is 12.4 Å². The molecule has 26 heavy (non-hydrogen) atoms. The highest BCUT2D eigenvalue weighted by molar-refractivity contribution is 6.01. The Bertz CT molecular complexity index is 939. The topological polar surface area (TPSA) is 102 Å². The average molecular weight is 352 g/mol. The summed E-state index contributed by atoms with van der Waals surface area (Å²) >= 11 is 0. The van der Waals surface area contributed by atoms with Crippen LogP contribution in [0.25, 0.3) is 0 Å². The summed E-state index contributed by atoms with van der Waals surface area (Å²) in [6.07, 6.45) is 1.60. The molecule has 0 spiro atoms. The van der Waals surface area contributed by atoms with Crippen LogP contribution in [0.1, 0.15) is 16.3 Å². The number of nitrogens with one attached hydrogen (secondary N) is 1. The molecule has 0 aliphatic carbocycles. The average Bonchev–Trinajstić information content (AvgIpc) is 3.30. The molecule has 0 atom stereocenters. The number of hydrogen-bond donors (Lipinski definition) is 1. The summed E-state index contributed by atoms with van der Waals surface area (Å²) in [5, 5.41) is 15.3. The number of carbonyl (C=O) groups excluding carboxylic acids is 1. The van der Waals surface area contributed by atoms with Gasteiger partial charge in [0.05, 0.1) is 13.2 Å². The Hall–Kier alpha value is -3.73. The van der Waals surface area contributed by atoms with Gasteiger partial charge in [-0.2, -0.15) is 10.4 Å². The van der Waals surface area contributed by atoms with Crippen molar-refractivity contribution in [1.82, 2.24) is 9.78 Å². The maximum absolute atomic E-state index is 12.2. The van der Waals surface area contributed by atoms with Crippen LogP contribution in [0, 0.1) is 11.3 Å². The number of aromatic nitrogens is 2. The van der Waals surface area contributed by atoms with Crippen LogP contribution in [0.3, 0.4) is 0 Å². The Labute approximate surface area is 149 Å². The predicted octanol–water partition coefficient (Wildman–Crippen LogP) is 2.84. The smallest absolute Gasteiger partial charge is 0.292 e. The molecular weight excluding hydrogens is 336 g/mol. The molecule has 0 radical (unpaired) electrons. The van der Waals surface area contributed by atoms with E-state index in [0.29, 0.717) is 23.1 Å². The highest BCUT2D eigenvalue weighted by Gasteiger charge is 2.13. The molecule has 0 bridgehead atoms. The first-order valence-corrected chi connectivity index (χ1v) is 7.76. The van der Waals surface area contributed by atoms with Crippen molar-refractivity contribution in [3.05, 3.63) is 60.2 Å². The number of carbonyl (C=O) groups is 1. The second-order valence-corrected chi connectivity index (χ2v) is 5.22. The molecule has 0 saturated carbocycles. The minimum atomic E-state index is -0.434. The lowest BCUT2D eigenvalue weighted by Gasteiger charge is -2.08. The normalized spacial score (nSPS) is 10.2. The van der Waals surface area contributed by atoms with E-state index in [1.165, 1.54) is 4.68 Å². The summed E-state index contributed by atoms with van der Waals surface area (Å²) in [5.74, 6) is 1.74. The van der Waals surface area contributed by atoms with E-state index in [-0.39, 0.29) is 18.9 Å². The number of hydrogen-bond acceptors (Lipinski definition) is 6. The number of rotatable bonds is 7. The van der Waals surface area contributed by atoms with E-state index in [0.717, 1.165) is 0 Å². The van der Waals surface area contributed by atoms with Gasteiger partial charge in [0.1, 0.15) is 18.9 Å². The van der Waals surface area contributed by atoms with Crippen LogP contribution in [-0.2, 0) is 13.2 Å². The van der Waals surface area contributed by atoms with Gasteiger partial charge < -0.3 is 19.2 Å². The molecular formula is C18H16N4O4. The third-order valence-electron chi connectivity index (χ3n) is 3.44. The van der Waals surface area contributed by atoms with Crippen LogP contribution in [0.4, 0.5) is 5.82 Å². The Morgan fingerprint density at radius 1 is 1.27 bits per heavy atom. The monoisotopic (exact) mass is 352 g/mol. The largest absolute Gasteiger partial charge is 0.493 e. The SMILES string of the molecule is COc1ccccc1OCc1ccc(C(=O)Nc2ccn(CC#N)n2)o1. The molecule has 0 aliphatic rings. The fourth-order valence-corrected chi connectivity index (χ4v) is 2.23. The fraction of sp³-hybridized carbons (Fsp3) is 0.167. The van der Waals surface area contributed by atoms with Gasteiger partial charge in [0.2, 0.25) is 0 Å². The van der Waals surface area contributed by atoms with Gasteiger partial charge in [-0.25, -0.2) is 0 Å². The fourth-order valence-electron chi connectivity index (χ4n) is 2.23. The van der Waals surface area contributed by atoms with Gasteiger partial charge in [-0.3, -0.25) is 9.48 Å². The van der Waals surface area contributed by atoms with Crippen LogP contribution >= 0.6 is 0 Å². The third-order valence-corrected chi connectivity index (χ3v) is 3.44. The molecule has 1 aromatic carbocycles. The minimum absolute atomic E-state index is 0.112. The molecule has 8 nitrogen and oxygen atoms in total. The summed E-state index contributed by atoms with van der Waals surface area (Å²) < 4.78 is 17.8. The van der Waals surface area contributed by atoms with Crippen molar-refractivity contribution in [3.8, 4) is 17.6 Å². The maximum Gasteiger partial charge on any atom is 0.292 e. The lowest BCUT2D eigenvalue weighted by molar-refractivity contribution is 0.0992. The summed E-state index contributed by atoms with van der Waals surface area (Å²) in [4.78, 5) is 12.2. The zero-order chi connectivity index (χ0) is 18.4. The van der Waals surface area contributed by atoms with Crippen LogP contribution < -0.4 is 14.8 Å². The first-order valence-electron chi connectivity index (χ1n) is 7.76. The molecule has 0 aliphatic heterocycles. The van der Waals surface area contributed by atoms with Crippen molar-refractivity contribution in [2.45, 2.75) is 13.2 Å². The number of anilines is 1. The van der Waals surface area contributed by atoms with Crippen LogP contribution in [0.15, 0.2) is 53.1 Å². The number of para-hydroxylation sites is 2. The van der Waals surface area contributed by atoms with E-state index >= 15 is 0 Å². The Morgan fingerprint density at radius 3 is 2.85 bits per heavy atom. The highest BCUT2D eigenvalue weighted by Crippen LogP contribution is 2.26. The number of nitriles is 1. The standard InChI is InChI=1S/C18H16N4O4/c1-24-14-4-2-3-5-15(14)25-12-13-6-7-16(26-13)18(23)20-17-8-10-22(21-17)11-9-19/h2-8,10H,11-12H2,1H3,(H,20,21,23). The third kappa shape index (κ3) is 4.02. The predicted molar refractivity (Wildman–Crippen MR) is 91.8 cm³/mol. The molecule has 0 unspecified atom stereocenters. The molecule has 0 saturated heterocycles. The van der Waals surface area contributed by atoms with Gasteiger partial charge in [-0.05, 0) is 24.3 Å². The Kier molecular flexibility index (Phi) is 5.19. The van der Waals surface area contributed by atoms with Crippen molar-refractivity contribution < 1.29 is 18.7 Å². The van der Waals surface area contributed by atoms with Crippen molar-refractivity contribution in [3.63, 3.8) is 0 Å². The van der Waals surface area contributed by atoms with E-state index in [1.54, 1.807) is 43.6 Å². The molecule has 3 rings (SSSR count). The van der Waals surface area contributed by atoms with Crippen LogP contribution in [0.5, 0.6) is 11.5 Å². The quantitative estimate of drug-likeness (QED) is 0.701. The Morgan fingerprint density at radius 2 is 2.08 bits per heavy atom. The summed E-state index contributed by atoms with van der Waals surface area (Å²) in [5.41, 5.74) is 0. The summed E-state index contributed by atoms with van der Waals surface area (Å²) in [6.45, 7) is 0.269. The molecule has 2 aromatic heterocycles. The number of benzene rings is 1.